The summed E-state index contributed by atoms with van der Waals surface area (Å²) in [5, 5.41) is 2.66. The highest BCUT2D eigenvalue weighted by atomic mass is 19.1. The Hall–Kier alpha value is -4.68. The molecule has 0 aliphatic rings. The van der Waals surface area contributed by atoms with Crippen LogP contribution in [-0.4, -0.2) is 64.7 Å². The Balaban J connectivity index is 0.00000103. The number of amides is 3. The quantitative estimate of drug-likeness (QED) is 0.254. The smallest absolute Gasteiger partial charge is 0.404 e. The molecule has 0 fully saturated rings. The molecule has 4 N–H and O–H groups in total. The molecule has 0 atom stereocenters. The molecule has 0 aromatic carbocycles. The predicted molar refractivity (Wildman–Crippen MR) is 149 cm³/mol. The molecule has 0 unspecified atom stereocenters. The number of ether oxygens (including phenoxy) is 2. The van der Waals surface area contributed by atoms with Gasteiger partial charge in [0, 0.05) is 32.4 Å². The fraction of sp³-hybridized carbons (Fsp3) is 0.370. The van der Waals surface area contributed by atoms with Gasteiger partial charge in [-0.2, -0.15) is 0 Å². The summed E-state index contributed by atoms with van der Waals surface area (Å²) in [5.41, 5.74) is 5.81. The standard InChI is InChI=1S/C25H30FN5O4.C2H5NO2/c1-16(2)35-24-18(26)14-27-20-13-17(28-23(20)24)15-31-12-8-9-19(25(31)34)29-21(32)10-6-5-7-11-22(33)30(3)4;1-5-2(3)4/h7-9,11-14,16,28H,5-6,10,15H2,1-4H3,(H,29,32);1H3,(H2,3,4)/b11-7+;. The molecule has 3 amide bonds. The summed E-state index contributed by atoms with van der Waals surface area (Å²) in [6.07, 6.45) is 6.28. The van der Waals surface area contributed by atoms with E-state index in [2.05, 4.69) is 25.8 Å². The second-order valence-electron chi connectivity index (χ2n) is 9.11. The minimum Gasteiger partial charge on any atom is -0.486 e. The molecule has 40 heavy (non-hydrogen) atoms. The number of rotatable bonds is 10. The summed E-state index contributed by atoms with van der Waals surface area (Å²) >= 11 is 0. The molecule has 0 saturated heterocycles. The second-order valence-corrected chi connectivity index (χ2v) is 9.11. The van der Waals surface area contributed by atoms with Gasteiger partial charge in [0.05, 0.1) is 31.5 Å². The Morgan fingerprint density at radius 1 is 1.30 bits per heavy atom. The number of likely N-dealkylation sites (N-methyl/N-ethyl adjacent to an activating group) is 1. The van der Waals surface area contributed by atoms with E-state index in [9.17, 15) is 23.6 Å². The van der Waals surface area contributed by atoms with Gasteiger partial charge in [-0.1, -0.05) is 6.08 Å². The van der Waals surface area contributed by atoms with Gasteiger partial charge in [0.1, 0.15) is 11.2 Å². The molecule has 12 nitrogen and oxygen atoms in total. The van der Waals surface area contributed by atoms with Crippen molar-refractivity contribution in [1.29, 1.82) is 0 Å². The van der Waals surface area contributed by atoms with Crippen molar-refractivity contribution >= 4 is 34.6 Å². The zero-order chi connectivity index (χ0) is 29.8. The molecule has 3 rings (SSSR count). The monoisotopic (exact) mass is 558 g/mol. The number of anilines is 1. The summed E-state index contributed by atoms with van der Waals surface area (Å²) in [6, 6.07) is 4.94. The van der Waals surface area contributed by atoms with E-state index in [4.69, 9.17) is 4.74 Å². The van der Waals surface area contributed by atoms with E-state index in [-0.39, 0.29) is 47.9 Å². The van der Waals surface area contributed by atoms with E-state index in [1.807, 2.05) is 0 Å². The normalized spacial score (nSPS) is 10.8. The lowest BCUT2D eigenvalue weighted by Crippen LogP contribution is -2.25. The third-order valence-electron chi connectivity index (χ3n) is 5.28. The molecule has 0 aliphatic heterocycles. The number of fused-ring (bicyclic) bond motifs is 1. The van der Waals surface area contributed by atoms with Crippen LogP contribution in [0.3, 0.4) is 0 Å². The number of nitrogens with two attached hydrogens (primary N) is 1. The van der Waals surface area contributed by atoms with Crippen molar-refractivity contribution in [1.82, 2.24) is 19.4 Å². The number of methoxy groups -OCH3 is 1. The SMILES string of the molecule is CC(C)Oc1c(F)cnc2cc(Cn3cccc(NC(=O)CCC/C=C/C(=O)N(C)C)c3=O)[nH]c12.COC(N)=O. The number of primary amides is 1. The van der Waals surface area contributed by atoms with Gasteiger partial charge in [-0.15, -0.1) is 0 Å². The van der Waals surface area contributed by atoms with Crippen molar-refractivity contribution in [3.63, 3.8) is 0 Å². The Kier molecular flexibility index (Phi) is 11.9. The number of H-pyrrole nitrogens is 1. The number of hydrogen-bond donors (Lipinski definition) is 3. The molecule has 0 saturated carbocycles. The Morgan fingerprint density at radius 2 is 2.00 bits per heavy atom. The minimum atomic E-state index is -0.745. The van der Waals surface area contributed by atoms with Crippen molar-refractivity contribution in [2.24, 2.45) is 5.73 Å². The highest BCUT2D eigenvalue weighted by molar-refractivity contribution is 5.90. The van der Waals surface area contributed by atoms with Gasteiger partial charge in [0.25, 0.3) is 5.56 Å². The van der Waals surface area contributed by atoms with Gasteiger partial charge >= 0.3 is 6.09 Å². The fourth-order valence-electron chi connectivity index (χ4n) is 3.38. The van der Waals surface area contributed by atoms with Crippen LogP contribution in [0.4, 0.5) is 14.9 Å². The van der Waals surface area contributed by atoms with Crippen LogP contribution in [0, 0.1) is 5.82 Å². The molecule has 216 valence electrons. The number of aromatic nitrogens is 3. The first-order valence-corrected chi connectivity index (χ1v) is 12.5. The first-order chi connectivity index (χ1) is 18.9. The van der Waals surface area contributed by atoms with Crippen LogP contribution in [0.25, 0.3) is 11.0 Å². The molecule has 3 aromatic heterocycles. The highest BCUT2D eigenvalue weighted by Crippen LogP contribution is 2.28. The first kappa shape index (κ1) is 31.5. The number of carbonyl (C=O) groups excluding carboxylic acids is 3. The second kappa shape index (κ2) is 15.0. The first-order valence-electron chi connectivity index (χ1n) is 12.5. The van der Waals surface area contributed by atoms with Crippen molar-refractivity contribution in [2.75, 3.05) is 26.5 Å². The van der Waals surface area contributed by atoms with Crippen LogP contribution in [0.1, 0.15) is 38.8 Å². The maximum Gasteiger partial charge on any atom is 0.404 e. The number of halogens is 1. The van der Waals surface area contributed by atoms with E-state index in [1.54, 1.807) is 58.4 Å². The lowest BCUT2D eigenvalue weighted by atomic mass is 10.2. The van der Waals surface area contributed by atoms with Crippen LogP contribution in [0.15, 0.2) is 47.5 Å². The molecular formula is C27H35FN6O6. The van der Waals surface area contributed by atoms with Crippen molar-refractivity contribution < 1.29 is 28.2 Å². The van der Waals surface area contributed by atoms with Crippen LogP contribution in [-0.2, 0) is 20.9 Å². The van der Waals surface area contributed by atoms with E-state index < -0.39 is 11.9 Å². The minimum absolute atomic E-state index is 0.0885. The van der Waals surface area contributed by atoms with Gasteiger partial charge in [-0.3, -0.25) is 19.4 Å². The van der Waals surface area contributed by atoms with Gasteiger partial charge in [0.2, 0.25) is 11.8 Å². The Bertz CT molecular complexity index is 1410. The van der Waals surface area contributed by atoms with Gasteiger partial charge < -0.3 is 35.0 Å². The molecule has 3 aromatic rings. The topological polar surface area (TPSA) is 162 Å². The lowest BCUT2D eigenvalue weighted by Gasteiger charge is -2.11. The molecule has 0 aliphatic carbocycles. The maximum atomic E-state index is 14.2. The number of hydrogen-bond acceptors (Lipinski definition) is 7. The van der Waals surface area contributed by atoms with E-state index in [0.717, 1.165) is 6.20 Å². The summed E-state index contributed by atoms with van der Waals surface area (Å²) in [4.78, 5) is 54.7. The summed E-state index contributed by atoms with van der Waals surface area (Å²) < 4.78 is 25.2. The van der Waals surface area contributed by atoms with Gasteiger partial charge in [0.15, 0.2) is 11.6 Å². The van der Waals surface area contributed by atoms with Gasteiger partial charge in [-0.05, 0) is 51.0 Å². The summed E-state index contributed by atoms with van der Waals surface area (Å²) in [7, 11) is 4.56. The van der Waals surface area contributed by atoms with E-state index in [1.165, 1.54) is 22.7 Å². The maximum absolute atomic E-state index is 14.2. The molecule has 13 heteroatoms. The molecular weight excluding hydrogens is 523 g/mol. The van der Waals surface area contributed by atoms with Crippen molar-refractivity contribution in [2.45, 2.75) is 45.8 Å². The average molecular weight is 559 g/mol. The third-order valence-corrected chi connectivity index (χ3v) is 5.28. The average Bonchev–Trinajstić information content (AvgIpc) is 3.30. The Labute approximate surface area is 231 Å². The number of nitrogens with zero attached hydrogens (tertiary/aromatic N) is 3. The molecule has 3 heterocycles. The number of unbranched alkanes of at least 4 members (excludes halogenated alkanes) is 1. The van der Waals surface area contributed by atoms with E-state index >= 15 is 0 Å². The molecule has 0 bridgehead atoms. The Morgan fingerprint density at radius 3 is 2.62 bits per heavy atom. The zero-order valence-corrected chi connectivity index (χ0v) is 23.2. The molecule has 0 spiro atoms. The molecule has 0 radical (unpaired) electrons. The highest BCUT2D eigenvalue weighted by Gasteiger charge is 2.15. The number of carbonyl (C=O) groups is 3. The predicted octanol–water partition coefficient (Wildman–Crippen LogP) is 3.16. The third kappa shape index (κ3) is 9.57. The van der Waals surface area contributed by atoms with Crippen molar-refractivity contribution in [3.8, 4) is 5.75 Å². The summed E-state index contributed by atoms with van der Waals surface area (Å²) in [6.45, 7) is 3.78. The van der Waals surface area contributed by atoms with Gasteiger partial charge in [-0.25, -0.2) is 9.18 Å². The number of aromatic amines is 1. The van der Waals surface area contributed by atoms with E-state index in [0.29, 0.717) is 29.6 Å². The number of pyridine rings is 2. The van der Waals surface area contributed by atoms with Crippen LogP contribution in [0.2, 0.25) is 0 Å². The number of allylic oxidation sites excluding steroid dienone is 1. The van der Waals surface area contributed by atoms with Crippen LogP contribution < -0.4 is 21.3 Å². The van der Waals surface area contributed by atoms with Crippen LogP contribution in [0.5, 0.6) is 5.75 Å². The summed E-state index contributed by atoms with van der Waals surface area (Å²) in [5.74, 6) is -0.876. The largest absolute Gasteiger partial charge is 0.486 e. The zero-order valence-electron chi connectivity index (χ0n) is 23.2. The lowest BCUT2D eigenvalue weighted by molar-refractivity contribution is -0.123. The fourth-order valence-corrected chi connectivity index (χ4v) is 3.38. The number of nitrogens with one attached hydrogen (secondary N) is 2. The van der Waals surface area contributed by atoms with Crippen molar-refractivity contribution in [3.05, 3.63) is 64.6 Å². The van der Waals surface area contributed by atoms with Crippen LogP contribution >= 0.6 is 0 Å².